The van der Waals surface area contributed by atoms with Crippen molar-refractivity contribution in [3.05, 3.63) is 146 Å². The summed E-state index contributed by atoms with van der Waals surface area (Å²) < 4.78 is 16.9. The van der Waals surface area contributed by atoms with Gasteiger partial charge in [0, 0.05) is 19.3 Å². The Labute approximate surface area is 512 Å². The Kier molecular flexibility index (Phi) is 65.8. The molecule has 0 aliphatic rings. The van der Waals surface area contributed by atoms with Gasteiger partial charge in [0.15, 0.2) is 6.10 Å². The average Bonchev–Trinajstić information content (AvgIpc) is 3.49. The van der Waals surface area contributed by atoms with E-state index in [-0.39, 0.29) is 31.1 Å². The molecule has 0 fully saturated rings. The van der Waals surface area contributed by atoms with Gasteiger partial charge in [-0.05, 0) is 141 Å². The lowest BCUT2D eigenvalue weighted by Gasteiger charge is -2.18. The summed E-state index contributed by atoms with van der Waals surface area (Å²) in [6.45, 7) is 6.40. The highest BCUT2D eigenvalue weighted by molar-refractivity contribution is 5.71. The van der Waals surface area contributed by atoms with E-state index >= 15 is 0 Å². The number of carbonyl (C=O) groups is 3. The Bertz CT molecular complexity index is 1800. The lowest BCUT2D eigenvalue weighted by molar-refractivity contribution is -0.167. The van der Waals surface area contributed by atoms with E-state index in [1.54, 1.807) is 0 Å². The average molecular weight is 1150 g/mol. The summed E-state index contributed by atoms with van der Waals surface area (Å²) in [6.07, 6.45) is 100.0. The van der Waals surface area contributed by atoms with Crippen molar-refractivity contribution in [1.29, 1.82) is 0 Å². The van der Waals surface area contributed by atoms with Crippen molar-refractivity contribution >= 4 is 17.9 Å². The summed E-state index contributed by atoms with van der Waals surface area (Å²) in [5.41, 5.74) is 0. The van der Waals surface area contributed by atoms with Gasteiger partial charge in [-0.3, -0.25) is 14.4 Å². The third-order valence-corrected chi connectivity index (χ3v) is 14.3. The number of esters is 3. The summed E-state index contributed by atoms with van der Waals surface area (Å²) in [7, 11) is 0. The molecular weight excluding hydrogens is 1020 g/mol. The smallest absolute Gasteiger partial charge is 0.306 e. The van der Waals surface area contributed by atoms with Gasteiger partial charge in [-0.1, -0.05) is 289 Å². The van der Waals surface area contributed by atoms with Gasteiger partial charge >= 0.3 is 17.9 Å². The van der Waals surface area contributed by atoms with Gasteiger partial charge < -0.3 is 14.2 Å². The highest BCUT2D eigenvalue weighted by Gasteiger charge is 2.19. The van der Waals surface area contributed by atoms with Crippen LogP contribution in [0, 0.1) is 0 Å². The minimum atomic E-state index is -0.801. The van der Waals surface area contributed by atoms with E-state index in [4.69, 9.17) is 14.2 Å². The van der Waals surface area contributed by atoms with E-state index in [2.05, 4.69) is 167 Å². The monoisotopic (exact) mass is 1150 g/mol. The van der Waals surface area contributed by atoms with Crippen LogP contribution in [0.5, 0.6) is 0 Å². The number of ether oxygens (including phenoxy) is 3. The molecule has 0 rings (SSSR count). The molecule has 0 aromatic heterocycles. The second-order valence-electron chi connectivity index (χ2n) is 22.3. The molecule has 0 saturated heterocycles. The molecule has 0 aromatic rings. The molecule has 1 unspecified atom stereocenters. The van der Waals surface area contributed by atoms with Crippen LogP contribution in [-0.2, 0) is 28.6 Å². The van der Waals surface area contributed by atoms with Crippen LogP contribution in [0.15, 0.2) is 146 Å². The van der Waals surface area contributed by atoms with E-state index in [1.165, 1.54) is 109 Å². The fourth-order valence-electron chi connectivity index (χ4n) is 9.23. The van der Waals surface area contributed by atoms with Gasteiger partial charge in [-0.25, -0.2) is 0 Å². The lowest BCUT2D eigenvalue weighted by atomic mass is 10.1. The van der Waals surface area contributed by atoms with Crippen molar-refractivity contribution in [2.45, 2.75) is 309 Å². The highest BCUT2D eigenvalue weighted by atomic mass is 16.6. The molecule has 470 valence electrons. The van der Waals surface area contributed by atoms with Crippen LogP contribution in [0.1, 0.15) is 303 Å². The molecular formula is C77H126O6. The first kappa shape index (κ1) is 78.3. The van der Waals surface area contributed by atoms with Crippen LogP contribution in [0.3, 0.4) is 0 Å². The third-order valence-electron chi connectivity index (χ3n) is 14.3. The van der Waals surface area contributed by atoms with Crippen molar-refractivity contribution in [2.75, 3.05) is 13.2 Å². The van der Waals surface area contributed by atoms with Gasteiger partial charge in [-0.2, -0.15) is 0 Å². The minimum absolute atomic E-state index is 0.0948. The zero-order valence-electron chi connectivity index (χ0n) is 53.9. The summed E-state index contributed by atoms with van der Waals surface area (Å²) in [4.78, 5) is 38.4. The number of allylic oxidation sites excluding steroid dienone is 24. The van der Waals surface area contributed by atoms with E-state index in [0.717, 1.165) is 154 Å². The Morgan fingerprint density at radius 1 is 0.253 bits per heavy atom. The third kappa shape index (κ3) is 68.0. The molecule has 0 aromatic carbocycles. The van der Waals surface area contributed by atoms with Crippen LogP contribution in [0.4, 0.5) is 0 Å². The quantitative estimate of drug-likeness (QED) is 0.0261. The van der Waals surface area contributed by atoms with Crippen LogP contribution >= 0.6 is 0 Å². The molecule has 0 aliphatic carbocycles. The van der Waals surface area contributed by atoms with Crippen molar-refractivity contribution < 1.29 is 28.6 Å². The normalized spacial score (nSPS) is 13.0. The molecule has 0 amide bonds. The maximum Gasteiger partial charge on any atom is 0.306 e. The minimum Gasteiger partial charge on any atom is -0.462 e. The number of unbranched alkanes of at least 4 members (excludes halogenated alkanes) is 26. The van der Waals surface area contributed by atoms with Crippen molar-refractivity contribution in [2.24, 2.45) is 0 Å². The topological polar surface area (TPSA) is 78.9 Å². The van der Waals surface area contributed by atoms with E-state index < -0.39 is 6.10 Å². The predicted molar refractivity (Wildman–Crippen MR) is 362 cm³/mol. The molecule has 1 atom stereocenters. The summed E-state index contributed by atoms with van der Waals surface area (Å²) in [5.74, 6) is -0.922. The molecule has 0 N–H and O–H groups in total. The Balaban J connectivity index is 4.39. The largest absolute Gasteiger partial charge is 0.462 e. The van der Waals surface area contributed by atoms with E-state index in [0.29, 0.717) is 19.3 Å². The number of hydrogen-bond donors (Lipinski definition) is 0. The van der Waals surface area contributed by atoms with Gasteiger partial charge in [0.25, 0.3) is 0 Å². The molecule has 83 heavy (non-hydrogen) atoms. The first-order chi connectivity index (χ1) is 41.0. The zero-order chi connectivity index (χ0) is 59.9. The maximum atomic E-state index is 12.9. The molecule has 0 heterocycles. The molecule has 0 bridgehead atoms. The maximum absolute atomic E-state index is 12.9. The van der Waals surface area contributed by atoms with Gasteiger partial charge in [-0.15, -0.1) is 0 Å². The van der Waals surface area contributed by atoms with Crippen LogP contribution in [0.2, 0.25) is 0 Å². The standard InChI is InChI=1S/C77H126O6/c1-4-7-10-13-16-19-22-25-28-30-32-34-35-36-37-38-39-40-41-43-44-46-49-52-55-58-61-64-67-70-76(79)82-73-74(72-81-75(78)69-66-63-60-57-54-51-48-27-24-21-18-15-12-9-6-3)83-77(80)71-68-65-62-59-56-53-50-47-45-42-33-31-29-26-23-20-17-14-11-8-5-2/h7-8,10-11,16-17,19-20,25-29,32-34,36-37,39-40,42,47-48,50,74H,4-6,9,12-15,18,21-24,30-31,35,38,41,43-46,49,51-73H2,1-3H3/b10-7-,11-8-,19-16-,20-17-,28-25-,29-26-,34-32-,37-36-,40-39-,42-33-,48-27-,50-47-. The van der Waals surface area contributed by atoms with E-state index in [1.807, 2.05) is 0 Å². The number of rotatable bonds is 61. The molecule has 0 radical (unpaired) electrons. The van der Waals surface area contributed by atoms with Crippen LogP contribution < -0.4 is 0 Å². The molecule has 6 nitrogen and oxygen atoms in total. The molecule has 0 spiro atoms. The van der Waals surface area contributed by atoms with Crippen molar-refractivity contribution in [3.8, 4) is 0 Å². The molecule has 0 aliphatic heterocycles. The number of hydrogen-bond acceptors (Lipinski definition) is 6. The second kappa shape index (κ2) is 69.8. The highest BCUT2D eigenvalue weighted by Crippen LogP contribution is 2.15. The number of carbonyl (C=O) groups excluding carboxylic acids is 3. The first-order valence-electron chi connectivity index (χ1n) is 34.3. The Morgan fingerprint density at radius 2 is 0.470 bits per heavy atom. The summed E-state index contributed by atoms with van der Waals surface area (Å²) >= 11 is 0. The summed E-state index contributed by atoms with van der Waals surface area (Å²) in [6, 6.07) is 0. The zero-order valence-corrected chi connectivity index (χ0v) is 53.9. The summed E-state index contributed by atoms with van der Waals surface area (Å²) in [5, 5.41) is 0. The predicted octanol–water partition coefficient (Wildman–Crippen LogP) is 23.9. The molecule has 0 saturated carbocycles. The fourth-order valence-corrected chi connectivity index (χ4v) is 9.23. The van der Waals surface area contributed by atoms with E-state index in [9.17, 15) is 14.4 Å². The fraction of sp³-hybridized carbons (Fsp3) is 0.649. The van der Waals surface area contributed by atoms with Gasteiger partial charge in [0.1, 0.15) is 13.2 Å². The van der Waals surface area contributed by atoms with Crippen LogP contribution in [-0.4, -0.2) is 37.2 Å². The molecule has 6 heteroatoms. The first-order valence-corrected chi connectivity index (χ1v) is 34.3. The van der Waals surface area contributed by atoms with Crippen molar-refractivity contribution in [1.82, 2.24) is 0 Å². The SMILES string of the molecule is CC/C=C\C/C=C\C/C=C\C/C=C\C/C=C\C/C=C\CCCCCCCCCCCCC(=O)OCC(COC(=O)CCCCCCC/C=C\CCCCCCCC)OC(=O)CCCCCCC/C=C\C/C=C\C/C=C\C/C=C\C/C=C\CC. The second-order valence-corrected chi connectivity index (χ2v) is 22.3. The Morgan fingerprint density at radius 3 is 0.747 bits per heavy atom. The van der Waals surface area contributed by atoms with Crippen molar-refractivity contribution in [3.63, 3.8) is 0 Å². The van der Waals surface area contributed by atoms with Gasteiger partial charge in [0.2, 0.25) is 0 Å². The van der Waals surface area contributed by atoms with Gasteiger partial charge in [0.05, 0.1) is 0 Å². The van der Waals surface area contributed by atoms with Crippen LogP contribution in [0.25, 0.3) is 0 Å². The Hall–Kier alpha value is -4.71. The lowest BCUT2D eigenvalue weighted by Crippen LogP contribution is -2.30.